The second-order valence-corrected chi connectivity index (χ2v) is 5.56. The molecule has 2 rings (SSSR count). The molecule has 0 saturated heterocycles. The fraction of sp³-hybridized carbons (Fsp3) is 0.389. The molecule has 1 heterocycles. The van der Waals surface area contributed by atoms with Crippen LogP contribution in [0.1, 0.15) is 48.3 Å². The van der Waals surface area contributed by atoms with Crippen LogP contribution in [0, 0.1) is 6.92 Å². The summed E-state index contributed by atoms with van der Waals surface area (Å²) in [6, 6.07) is 8.08. The number of ether oxygens (including phenoxy) is 2. The van der Waals surface area contributed by atoms with E-state index in [1.807, 2.05) is 45.0 Å². The molecule has 0 N–H and O–H groups in total. The Bertz CT molecular complexity index is 694. The van der Waals surface area contributed by atoms with Crippen LogP contribution in [-0.2, 0) is 4.74 Å². The third-order valence-corrected chi connectivity index (χ3v) is 3.45. The Morgan fingerprint density at radius 2 is 1.83 bits per heavy atom. The molecule has 5 nitrogen and oxygen atoms in total. The summed E-state index contributed by atoms with van der Waals surface area (Å²) < 4.78 is 10.4. The van der Waals surface area contributed by atoms with E-state index in [0.29, 0.717) is 23.6 Å². The number of rotatable bonds is 5. The van der Waals surface area contributed by atoms with Crippen LogP contribution < -0.4 is 4.74 Å². The number of aromatic nitrogens is 2. The average molecular weight is 314 g/mol. The average Bonchev–Trinajstić information content (AvgIpc) is 2.54. The van der Waals surface area contributed by atoms with Gasteiger partial charge < -0.3 is 9.47 Å². The summed E-state index contributed by atoms with van der Waals surface area (Å²) in [6.07, 6.45) is 0. The number of hydrogen-bond donors (Lipinski definition) is 0. The van der Waals surface area contributed by atoms with Crippen LogP contribution in [0.4, 0.5) is 0 Å². The highest BCUT2D eigenvalue weighted by atomic mass is 16.5. The molecular weight excluding hydrogens is 292 g/mol. The predicted molar refractivity (Wildman–Crippen MR) is 88.8 cm³/mol. The summed E-state index contributed by atoms with van der Waals surface area (Å²) in [5.41, 5.74) is 3.55. The zero-order chi connectivity index (χ0) is 17.0. The van der Waals surface area contributed by atoms with Gasteiger partial charge in [0, 0.05) is 5.56 Å². The van der Waals surface area contributed by atoms with Crippen molar-refractivity contribution in [2.24, 2.45) is 0 Å². The van der Waals surface area contributed by atoms with Gasteiger partial charge in [0.25, 0.3) is 0 Å². The van der Waals surface area contributed by atoms with Crippen molar-refractivity contribution in [1.29, 1.82) is 0 Å². The first-order valence-electron chi connectivity index (χ1n) is 7.68. The molecule has 0 amide bonds. The molecule has 0 saturated carbocycles. The zero-order valence-corrected chi connectivity index (χ0v) is 14.2. The van der Waals surface area contributed by atoms with Crippen molar-refractivity contribution >= 4 is 5.97 Å². The van der Waals surface area contributed by atoms with E-state index in [1.54, 1.807) is 6.92 Å². The van der Waals surface area contributed by atoms with Gasteiger partial charge in [0.2, 0.25) is 0 Å². The van der Waals surface area contributed by atoms with Crippen LogP contribution in [0.2, 0.25) is 0 Å². The lowest BCUT2D eigenvalue weighted by Crippen LogP contribution is -2.15. The van der Waals surface area contributed by atoms with E-state index in [-0.39, 0.29) is 11.9 Å². The normalized spacial score (nSPS) is 10.7. The first-order valence-corrected chi connectivity index (χ1v) is 7.68. The lowest BCUT2D eigenvalue weighted by molar-refractivity contribution is 0.0524. The van der Waals surface area contributed by atoms with Gasteiger partial charge in [-0.05, 0) is 19.8 Å². The molecule has 1 aromatic heterocycles. The predicted octanol–water partition coefficient (Wildman–Crippen LogP) is 3.76. The maximum atomic E-state index is 12.5. The molecule has 2 aromatic rings. The molecular formula is C18H22N2O3. The van der Waals surface area contributed by atoms with E-state index in [2.05, 4.69) is 9.97 Å². The highest BCUT2D eigenvalue weighted by Gasteiger charge is 2.25. The van der Waals surface area contributed by atoms with E-state index < -0.39 is 5.97 Å². The Balaban J connectivity index is 2.72. The van der Waals surface area contributed by atoms with Gasteiger partial charge in [-0.15, -0.1) is 0 Å². The number of esters is 1. The summed E-state index contributed by atoms with van der Waals surface area (Å²) in [5.74, 6) is -0.370. The highest BCUT2D eigenvalue weighted by molar-refractivity contribution is 5.97. The molecule has 0 fully saturated rings. The molecule has 0 aliphatic carbocycles. The Morgan fingerprint density at radius 1 is 1.17 bits per heavy atom. The van der Waals surface area contributed by atoms with Crippen LogP contribution in [0.5, 0.6) is 6.01 Å². The number of benzene rings is 1. The molecule has 23 heavy (non-hydrogen) atoms. The van der Waals surface area contributed by atoms with Gasteiger partial charge in [0.05, 0.1) is 25.1 Å². The molecule has 0 bridgehead atoms. The molecule has 0 unspecified atom stereocenters. The number of methoxy groups -OCH3 is 1. The third-order valence-electron chi connectivity index (χ3n) is 3.45. The van der Waals surface area contributed by atoms with Crippen molar-refractivity contribution in [2.75, 3.05) is 13.7 Å². The summed E-state index contributed by atoms with van der Waals surface area (Å²) >= 11 is 0. The number of nitrogens with zero attached hydrogens (tertiary/aromatic N) is 2. The Kier molecular flexibility index (Phi) is 5.32. The topological polar surface area (TPSA) is 61.3 Å². The SMILES string of the molecule is CCOC(=O)c1c(-c2ccc(C)cc2)nc(OC)nc1C(C)C. The first-order chi connectivity index (χ1) is 11.0. The number of carbonyl (C=O) groups is 1. The van der Waals surface area contributed by atoms with Gasteiger partial charge in [-0.2, -0.15) is 9.97 Å². The summed E-state index contributed by atoms with van der Waals surface area (Å²) in [4.78, 5) is 21.3. The van der Waals surface area contributed by atoms with E-state index >= 15 is 0 Å². The highest BCUT2D eigenvalue weighted by Crippen LogP contribution is 2.30. The van der Waals surface area contributed by atoms with Crippen LogP contribution in [0.15, 0.2) is 24.3 Å². The van der Waals surface area contributed by atoms with Crippen LogP contribution in [0.3, 0.4) is 0 Å². The summed E-state index contributed by atoms with van der Waals surface area (Å²) in [5, 5.41) is 0. The standard InChI is InChI=1S/C18H22N2O3/c1-6-23-17(21)14-15(11(2)3)19-18(22-5)20-16(14)13-9-7-12(4)8-10-13/h7-11H,6H2,1-5H3. The lowest BCUT2D eigenvalue weighted by atomic mass is 9.98. The molecule has 0 radical (unpaired) electrons. The van der Waals surface area contributed by atoms with Gasteiger partial charge >= 0.3 is 12.0 Å². The molecule has 0 aliphatic heterocycles. The van der Waals surface area contributed by atoms with E-state index in [9.17, 15) is 4.79 Å². The Hall–Kier alpha value is -2.43. The Labute approximate surface area is 136 Å². The van der Waals surface area contributed by atoms with Gasteiger partial charge in [0.15, 0.2) is 0 Å². The van der Waals surface area contributed by atoms with E-state index in [0.717, 1.165) is 11.1 Å². The van der Waals surface area contributed by atoms with Gasteiger partial charge in [-0.1, -0.05) is 43.7 Å². The molecule has 5 heteroatoms. The minimum atomic E-state index is -0.408. The molecule has 0 aliphatic rings. The zero-order valence-electron chi connectivity index (χ0n) is 14.2. The van der Waals surface area contributed by atoms with Crippen molar-refractivity contribution in [2.45, 2.75) is 33.6 Å². The Morgan fingerprint density at radius 3 is 2.35 bits per heavy atom. The van der Waals surface area contributed by atoms with E-state index in [4.69, 9.17) is 9.47 Å². The number of aryl methyl sites for hydroxylation is 1. The fourth-order valence-electron chi connectivity index (χ4n) is 2.29. The van der Waals surface area contributed by atoms with Crippen molar-refractivity contribution < 1.29 is 14.3 Å². The maximum absolute atomic E-state index is 12.5. The maximum Gasteiger partial charge on any atom is 0.342 e. The summed E-state index contributed by atoms with van der Waals surface area (Å²) in [7, 11) is 1.52. The number of hydrogen-bond acceptors (Lipinski definition) is 5. The van der Waals surface area contributed by atoms with E-state index in [1.165, 1.54) is 7.11 Å². The lowest BCUT2D eigenvalue weighted by Gasteiger charge is -2.16. The monoisotopic (exact) mass is 314 g/mol. The largest absolute Gasteiger partial charge is 0.467 e. The number of carbonyl (C=O) groups excluding carboxylic acids is 1. The van der Waals surface area contributed by atoms with Crippen molar-refractivity contribution in [3.63, 3.8) is 0 Å². The van der Waals surface area contributed by atoms with Crippen molar-refractivity contribution in [1.82, 2.24) is 9.97 Å². The van der Waals surface area contributed by atoms with Crippen molar-refractivity contribution in [3.8, 4) is 17.3 Å². The molecule has 0 atom stereocenters. The molecule has 1 aromatic carbocycles. The first kappa shape index (κ1) is 16.9. The second-order valence-electron chi connectivity index (χ2n) is 5.56. The van der Waals surface area contributed by atoms with Gasteiger partial charge in [-0.25, -0.2) is 4.79 Å². The summed E-state index contributed by atoms with van der Waals surface area (Å²) in [6.45, 7) is 8.04. The second kappa shape index (κ2) is 7.22. The van der Waals surface area contributed by atoms with Crippen LogP contribution in [-0.4, -0.2) is 29.7 Å². The smallest absolute Gasteiger partial charge is 0.342 e. The third kappa shape index (κ3) is 3.67. The van der Waals surface area contributed by atoms with Crippen LogP contribution in [0.25, 0.3) is 11.3 Å². The van der Waals surface area contributed by atoms with Crippen molar-refractivity contribution in [3.05, 3.63) is 41.1 Å². The van der Waals surface area contributed by atoms with Gasteiger partial charge in [-0.3, -0.25) is 0 Å². The van der Waals surface area contributed by atoms with Gasteiger partial charge in [0.1, 0.15) is 5.56 Å². The molecule has 0 spiro atoms. The minimum Gasteiger partial charge on any atom is -0.467 e. The molecule has 122 valence electrons. The minimum absolute atomic E-state index is 0.0375. The van der Waals surface area contributed by atoms with Crippen LogP contribution >= 0.6 is 0 Å². The fourth-order valence-corrected chi connectivity index (χ4v) is 2.29. The quantitative estimate of drug-likeness (QED) is 0.786.